The van der Waals surface area contributed by atoms with Gasteiger partial charge in [0.1, 0.15) is 5.75 Å². The molecule has 1 saturated heterocycles. The minimum Gasteiger partial charge on any atom is -0.497 e. The minimum absolute atomic E-state index is 0.0618. The van der Waals surface area contributed by atoms with Crippen LogP contribution in [0, 0.1) is 0 Å². The van der Waals surface area contributed by atoms with Crippen LogP contribution in [0.1, 0.15) is 46.1 Å². The number of nitrogens with zero attached hydrogens (tertiary/aromatic N) is 2. The first kappa shape index (κ1) is 25.1. The van der Waals surface area contributed by atoms with E-state index in [1.54, 1.807) is 7.11 Å². The molecule has 3 heteroatoms. The van der Waals surface area contributed by atoms with Gasteiger partial charge < -0.3 is 4.74 Å². The Bertz CT molecular complexity index is 1350. The summed E-state index contributed by atoms with van der Waals surface area (Å²) in [7, 11) is 1.73. The van der Waals surface area contributed by atoms with Crippen molar-refractivity contribution >= 4 is 0 Å². The van der Waals surface area contributed by atoms with Gasteiger partial charge in [0.25, 0.3) is 0 Å². The highest BCUT2D eigenvalue weighted by Crippen LogP contribution is 2.53. The summed E-state index contributed by atoms with van der Waals surface area (Å²) >= 11 is 0. The zero-order valence-electron chi connectivity index (χ0n) is 22.3. The van der Waals surface area contributed by atoms with Crippen LogP contribution in [0.5, 0.6) is 5.75 Å². The second-order valence-corrected chi connectivity index (χ2v) is 10.2. The van der Waals surface area contributed by atoms with Crippen molar-refractivity contribution in [2.45, 2.75) is 31.3 Å². The van der Waals surface area contributed by atoms with Gasteiger partial charge in [-0.25, -0.2) is 0 Å². The maximum Gasteiger partial charge on any atom is 0.118 e. The Hall–Kier alpha value is -4.18. The standard InChI is InChI=1S/C36H34N2O/c1-39-33-24-22-32(23-25-33)36-37(26-28-14-6-2-7-15-28)34(30-18-10-4-11-19-30)35(31-20-12-5-13-21-31)38(36)27-29-16-8-3-9-17-29/h2-25,34-36H,26-27H2,1H3. The lowest BCUT2D eigenvalue weighted by Crippen LogP contribution is -2.31. The highest BCUT2D eigenvalue weighted by molar-refractivity contribution is 5.36. The van der Waals surface area contributed by atoms with E-state index in [0.717, 1.165) is 18.8 Å². The summed E-state index contributed by atoms with van der Waals surface area (Å²) in [5, 5.41) is 0. The van der Waals surface area contributed by atoms with Crippen molar-refractivity contribution in [2.75, 3.05) is 7.11 Å². The van der Waals surface area contributed by atoms with Gasteiger partial charge in [-0.05, 0) is 39.9 Å². The molecule has 0 bridgehead atoms. The van der Waals surface area contributed by atoms with E-state index >= 15 is 0 Å². The van der Waals surface area contributed by atoms with Gasteiger partial charge in [-0.15, -0.1) is 0 Å². The molecule has 0 saturated carbocycles. The molecule has 39 heavy (non-hydrogen) atoms. The first-order valence-corrected chi connectivity index (χ1v) is 13.6. The highest BCUT2D eigenvalue weighted by Gasteiger charge is 2.48. The minimum atomic E-state index is 0.0618. The maximum absolute atomic E-state index is 5.53. The van der Waals surface area contributed by atoms with Gasteiger partial charge in [-0.2, -0.15) is 0 Å². The second kappa shape index (κ2) is 11.7. The second-order valence-electron chi connectivity index (χ2n) is 10.2. The Balaban J connectivity index is 1.56. The van der Waals surface area contributed by atoms with E-state index in [1.807, 2.05) is 0 Å². The number of benzene rings is 5. The molecular weight excluding hydrogens is 476 g/mol. The third kappa shape index (κ3) is 5.37. The molecule has 2 atom stereocenters. The van der Waals surface area contributed by atoms with Crippen LogP contribution in [-0.2, 0) is 13.1 Å². The van der Waals surface area contributed by atoms with E-state index in [-0.39, 0.29) is 18.2 Å². The summed E-state index contributed by atoms with van der Waals surface area (Å²) in [5.41, 5.74) is 6.55. The molecule has 0 aromatic heterocycles. The van der Waals surface area contributed by atoms with Crippen LogP contribution in [0.15, 0.2) is 146 Å². The van der Waals surface area contributed by atoms with E-state index in [4.69, 9.17) is 4.74 Å². The lowest BCUT2D eigenvalue weighted by molar-refractivity contribution is 0.102. The number of ether oxygens (including phenoxy) is 1. The molecule has 0 amide bonds. The number of rotatable bonds is 8. The van der Waals surface area contributed by atoms with E-state index in [9.17, 15) is 0 Å². The van der Waals surface area contributed by atoms with Gasteiger partial charge in [0, 0.05) is 13.1 Å². The topological polar surface area (TPSA) is 15.7 Å². The van der Waals surface area contributed by atoms with Gasteiger partial charge in [0.15, 0.2) is 0 Å². The predicted molar refractivity (Wildman–Crippen MR) is 158 cm³/mol. The van der Waals surface area contributed by atoms with Crippen molar-refractivity contribution in [3.8, 4) is 5.75 Å². The van der Waals surface area contributed by atoms with Crippen molar-refractivity contribution < 1.29 is 4.74 Å². The Kier molecular flexibility index (Phi) is 7.53. The normalized spacial score (nSPS) is 19.7. The van der Waals surface area contributed by atoms with Crippen LogP contribution in [0.25, 0.3) is 0 Å². The zero-order chi connectivity index (χ0) is 26.4. The highest BCUT2D eigenvalue weighted by atomic mass is 16.5. The summed E-state index contributed by atoms with van der Waals surface area (Å²) in [5.74, 6) is 0.875. The van der Waals surface area contributed by atoms with Crippen LogP contribution in [0.2, 0.25) is 0 Å². The summed E-state index contributed by atoms with van der Waals surface area (Å²) < 4.78 is 5.53. The third-order valence-electron chi connectivity index (χ3n) is 7.75. The molecule has 2 unspecified atom stereocenters. The number of methoxy groups -OCH3 is 1. The third-order valence-corrected chi connectivity index (χ3v) is 7.75. The van der Waals surface area contributed by atoms with Crippen LogP contribution in [-0.4, -0.2) is 16.9 Å². The largest absolute Gasteiger partial charge is 0.497 e. The smallest absolute Gasteiger partial charge is 0.118 e. The fourth-order valence-electron chi connectivity index (χ4n) is 6.02. The van der Waals surface area contributed by atoms with Crippen LogP contribution < -0.4 is 4.74 Å². The van der Waals surface area contributed by atoms with E-state index in [0.29, 0.717) is 0 Å². The van der Waals surface area contributed by atoms with E-state index in [2.05, 4.69) is 155 Å². The molecule has 1 aliphatic heterocycles. The van der Waals surface area contributed by atoms with Gasteiger partial charge in [0.2, 0.25) is 0 Å². The molecule has 0 radical (unpaired) electrons. The predicted octanol–water partition coefficient (Wildman–Crippen LogP) is 8.19. The fraction of sp³-hybridized carbons (Fsp3) is 0.167. The first-order chi connectivity index (χ1) is 19.3. The van der Waals surface area contributed by atoms with Crippen molar-refractivity contribution in [3.63, 3.8) is 0 Å². The summed E-state index contributed by atoms with van der Waals surface area (Å²) in [6.07, 6.45) is 0.0618. The monoisotopic (exact) mass is 510 g/mol. The van der Waals surface area contributed by atoms with Gasteiger partial charge in [-0.1, -0.05) is 133 Å². The van der Waals surface area contributed by atoms with Gasteiger partial charge >= 0.3 is 0 Å². The average Bonchev–Trinajstić information content (AvgIpc) is 3.32. The molecule has 5 aromatic rings. The van der Waals surface area contributed by atoms with Crippen LogP contribution >= 0.6 is 0 Å². The number of hydrogen-bond acceptors (Lipinski definition) is 3. The van der Waals surface area contributed by atoms with Gasteiger partial charge in [0.05, 0.1) is 25.4 Å². The maximum atomic E-state index is 5.53. The van der Waals surface area contributed by atoms with Crippen molar-refractivity contribution in [1.82, 2.24) is 9.80 Å². The van der Waals surface area contributed by atoms with Crippen molar-refractivity contribution in [2.24, 2.45) is 0 Å². The van der Waals surface area contributed by atoms with E-state index in [1.165, 1.54) is 27.8 Å². The summed E-state index contributed by atoms with van der Waals surface area (Å²) in [6, 6.07) is 52.7. The summed E-state index contributed by atoms with van der Waals surface area (Å²) in [4.78, 5) is 5.38. The average molecular weight is 511 g/mol. The molecule has 3 nitrogen and oxygen atoms in total. The Morgan fingerprint density at radius 1 is 0.462 bits per heavy atom. The molecule has 5 aromatic carbocycles. The molecule has 0 N–H and O–H groups in total. The SMILES string of the molecule is COc1ccc(C2N(Cc3ccccc3)C(c3ccccc3)C(c3ccccc3)N2Cc2ccccc2)cc1. The lowest BCUT2D eigenvalue weighted by Gasteiger charge is -2.33. The molecular formula is C36H34N2O. The van der Waals surface area contributed by atoms with E-state index < -0.39 is 0 Å². The van der Waals surface area contributed by atoms with Crippen molar-refractivity contribution in [3.05, 3.63) is 173 Å². The van der Waals surface area contributed by atoms with Crippen molar-refractivity contribution in [1.29, 1.82) is 0 Å². The lowest BCUT2D eigenvalue weighted by atomic mass is 9.92. The molecule has 194 valence electrons. The summed E-state index contributed by atoms with van der Waals surface area (Å²) in [6.45, 7) is 1.68. The van der Waals surface area contributed by atoms with Crippen LogP contribution in [0.3, 0.4) is 0 Å². The Morgan fingerprint density at radius 2 is 0.846 bits per heavy atom. The molecule has 1 aliphatic rings. The quantitative estimate of drug-likeness (QED) is 0.209. The fourth-order valence-corrected chi connectivity index (χ4v) is 6.02. The number of hydrogen-bond donors (Lipinski definition) is 0. The zero-order valence-corrected chi connectivity index (χ0v) is 22.3. The molecule has 6 rings (SSSR count). The van der Waals surface area contributed by atoms with Crippen LogP contribution in [0.4, 0.5) is 0 Å². The Labute approximate surface area is 231 Å². The molecule has 0 aliphatic carbocycles. The molecule has 0 spiro atoms. The molecule has 1 heterocycles. The Morgan fingerprint density at radius 3 is 1.23 bits per heavy atom. The first-order valence-electron chi connectivity index (χ1n) is 13.6. The molecule has 1 fully saturated rings. The van der Waals surface area contributed by atoms with Gasteiger partial charge in [-0.3, -0.25) is 9.80 Å².